The Balaban J connectivity index is 0.00000220. The molecule has 21 heavy (non-hydrogen) atoms. The summed E-state index contributed by atoms with van der Waals surface area (Å²) in [6.07, 6.45) is 5.45. The fourth-order valence-electron chi connectivity index (χ4n) is 3.19. The number of benzene rings is 1. The first-order valence-corrected chi connectivity index (χ1v) is 7.65. The second-order valence-corrected chi connectivity index (χ2v) is 5.99. The maximum Gasteiger partial charge on any atom is 0.221 e. The zero-order valence-electron chi connectivity index (χ0n) is 13.1. The minimum Gasteiger partial charge on any atom is -0.355 e. The molecule has 1 amide bonds. The molecule has 1 aromatic rings. The summed E-state index contributed by atoms with van der Waals surface area (Å²) >= 11 is 0. The largest absolute Gasteiger partial charge is 0.355 e. The molecule has 0 saturated heterocycles. The van der Waals surface area contributed by atoms with E-state index in [-0.39, 0.29) is 23.7 Å². The lowest BCUT2D eigenvalue weighted by molar-refractivity contribution is -0.121. The van der Waals surface area contributed by atoms with E-state index in [2.05, 4.69) is 41.8 Å². The van der Waals surface area contributed by atoms with Crippen LogP contribution in [-0.4, -0.2) is 26.0 Å². The van der Waals surface area contributed by atoms with Gasteiger partial charge in [-0.25, -0.2) is 0 Å². The molecule has 1 fully saturated rings. The van der Waals surface area contributed by atoms with Gasteiger partial charge >= 0.3 is 0 Å². The predicted octanol–water partition coefficient (Wildman–Crippen LogP) is 2.95. The topological polar surface area (TPSA) is 41.1 Å². The van der Waals surface area contributed by atoms with Crippen molar-refractivity contribution in [2.45, 2.75) is 44.4 Å². The minimum absolute atomic E-state index is 0. The van der Waals surface area contributed by atoms with Gasteiger partial charge in [0.2, 0.25) is 5.91 Å². The molecule has 1 aliphatic rings. The van der Waals surface area contributed by atoms with Crippen LogP contribution in [0.1, 0.15) is 43.2 Å². The number of halogens is 1. The molecular weight excluding hydrogens is 284 g/mol. The van der Waals surface area contributed by atoms with E-state index in [1.807, 2.05) is 7.05 Å². The number of carbonyl (C=O) groups excluding carboxylic acids is 1. The monoisotopic (exact) mass is 310 g/mol. The van der Waals surface area contributed by atoms with Crippen LogP contribution in [0.5, 0.6) is 0 Å². The van der Waals surface area contributed by atoms with Crippen LogP contribution in [0.2, 0.25) is 0 Å². The fourth-order valence-corrected chi connectivity index (χ4v) is 3.19. The van der Waals surface area contributed by atoms with Crippen molar-refractivity contribution < 1.29 is 4.79 Å². The Morgan fingerprint density at radius 2 is 2.00 bits per heavy atom. The molecule has 1 aliphatic carbocycles. The zero-order valence-corrected chi connectivity index (χ0v) is 13.9. The molecular formula is C17H27ClN2O. The number of rotatable bonds is 6. The lowest BCUT2D eigenvalue weighted by atomic mass is 9.78. The van der Waals surface area contributed by atoms with E-state index in [1.165, 1.54) is 36.8 Å². The number of amides is 1. The molecule has 4 heteroatoms. The molecule has 1 aromatic carbocycles. The van der Waals surface area contributed by atoms with Crippen molar-refractivity contribution in [2.75, 3.05) is 20.1 Å². The van der Waals surface area contributed by atoms with Gasteiger partial charge in [-0.2, -0.15) is 0 Å². The number of hydrogen-bond acceptors (Lipinski definition) is 2. The van der Waals surface area contributed by atoms with Gasteiger partial charge in [0.25, 0.3) is 0 Å². The average Bonchev–Trinajstić information content (AvgIpc) is 2.93. The normalized spacial score (nSPS) is 16.3. The van der Waals surface area contributed by atoms with Crippen LogP contribution in [0, 0.1) is 6.92 Å². The van der Waals surface area contributed by atoms with Gasteiger partial charge in [-0.1, -0.05) is 42.7 Å². The van der Waals surface area contributed by atoms with Gasteiger partial charge in [-0.3, -0.25) is 4.79 Å². The summed E-state index contributed by atoms with van der Waals surface area (Å²) < 4.78 is 0. The molecule has 0 unspecified atom stereocenters. The highest BCUT2D eigenvalue weighted by atomic mass is 35.5. The maximum atomic E-state index is 11.8. The first kappa shape index (κ1) is 18.0. The van der Waals surface area contributed by atoms with E-state index in [0.717, 1.165) is 13.1 Å². The molecule has 2 N–H and O–H groups in total. The van der Waals surface area contributed by atoms with Gasteiger partial charge in [0.1, 0.15) is 0 Å². The summed E-state index contributed by atoms with van der Waals surface area (Å²) in [4.78, 5) is 11.8. The molecule has 0 spiro atoms. The lowest BCUT2D eigenvalue weighted by Crippen LogP contribution is -2.39. The van der Waals surface area contributed by atoms with Crippen LogP contribution in [0.4, 0.5) is 0 Å². The van der Waals surface area contributed by atoms with Crippen LogP contribution in [0.3, 0.4) is 0 Å². The molecule has 1 saturated carbocycles. The van der Waals surface area contributed by atoms with E-state index in [4.69, 9.17) is 0 Å². The summed E-state index contributed by atoms with van der Waals surface area (Å²) in [6, 6.07) is 8.77. The Bertz CT molecular complexity index is 456. The van der Waals surface area contributed by atoms with Crippen molar-refractivity contribution in [3.63, 3.8) is 0 Å². The van der Waals surface area contributed by atoms with Crippen molar-refractivity contribution in [1.29, 1.82) is 0 Å². The summed E-state index contributed by atoms with van der Waals surface area (Å²) in [7, 11) is 1.87. The molecule has 3 nitrogen and oxygen atoms in total. The third-order valence-corrected chi connectivity index (χ3v) is 4.42. The SMILES string of the molecule is CNCCC(=O)NCC1(c2cccc(C)c2)CCCC1.Cl. The number of aryl methyl sites for hydroxylation is 1. The molecule has 0 aliphatic heterocycles. The van der Waals surface area contributed by atoms with Crippen molar-refractivity contribution in [3.8, 4) is 0 Å². The number of carbonyl (C=O) groups is 1. The molecule has 0 radical (unpaired) electrons. The smallest absolute Gasteiger partial charge is 0.221 e. The van der Waals surface area contributed by atoms with Crippen molar-refractivity contribution in [2.24, 2.45) is 0 Å². The van der Waals surface area contributed by atoms with Crippen LogP contribution >= 0.6 is 12.4 Å². The highest BCUT2D eigenvalue weighted by Gasteiger charge is 2.35. The summed E-state index contributed by atoms with van der Waals surface area (Å²) in [5.41, 5.74) is 2.85. The number of nitrogens with one attached hydrogen (secondary N) is 2. The molecule has 0 heterocycles. The summed E-state index contributed by atoms with van der Waals surface area (Å²) in [5, 5.41) is 6.15. The average molecular weight is 311 g/mol. The van der Waals surface area contributed by atoms with Gasteiger partial charge in [0.15, 0.2) is 0 Å². The fraction of sp³-hybridized carbons (Fsp3) is 0.588. The van der Waals surface area contributed by atoms with E-state index in [0.29, 0.717) is 6.42 Å². The first-order chi connectivity index (χ1) is 9.66. The van der Waals surface area contributed by atoms with Crippen LogP contribution in [0.15, 0.2) is 24.3 Å². The third kappa shape index (κ3) is 4.72. The molecule has 0 atom stereocenters. The lowest BCUT2D eigenvalue weighted by Gasteiger charge is -2.30. The van der Waals surface area contributed by atoms with E-state index in [1.54, 1.807) is 0 Å². The Morgan fingerprint density at radius 1 is 1.29 bits per heavy atom. The van der Waals surface area contributed by atoms with Crippen molar-refractivity contribution in [3.05, 3.63) is 35.4 Å². The van der Waals surface area contributed by atoms with Gasteiger partial charge in [0, 0.05) is 24.9 Å². The first-order valence-electron chi connectivity index (χ1n) is 7.65. The Labute approximate surface area is 134 Å². The Hall–Kier alpha value is -1.06. The molecule has 0 bridgehead atoms. The van der Waals surface area contributed by atoms with Gasteiger partial charge in [0.05, 0.1) is 0 Å². The Morgan fingerprint density at radius 3 is 2.62 bits per heavy atom. The minimum atomic E-state index is 0. The quantitative estimate of drug-likeness (QED) is 0.848. The van der Waals surface area contributed by atoms with Crippen molar-refractivity contribution in [1.82, 2.24) is 10.6 Å². The van der Waals surface area contributed by atoms with E-state index in [9.17, 15) is 4.79 Å². The van der Waals surface area contributed by atoms with Crippen LogP contribution < -0.4 is 10.6 Å². The summed E-state index contributed by atoms with van der Waals surface area (Å²) in [5.74, 6) is 0.151. The highest BCUT2D eigenvalue weighted by molar-refractivity contribution is 5.85. The molecule has 118 valence electrons. The molecule has 0 aromatic heterocycles. The van der Waals surface area contributed by atoms with E-state index < -0.39 is 0 Å². The van der Waals surface area contributed by atoms with E-state index >= 15 is 0 Å². The Kier molecular flexibility index (Phi) is 7.20. The number of hydrogen-bond donors (Lipinski definition) is 2. The predicted molar refractivity (Wildman–Crippen MR) is 90.1 cm³/mol. The van der Waals surface area contributed by atoms with Gasteiger partial charge in [-0.15, -0.1) is 12.4 Å². The molecule has 2 rings (SSSR count). The maximum absolute atomic E-state index is 11.8. The van der Waals surface area contributed by atoms with Crippen LogP contribution in [0.25, 0.3) is 0 Å². The standard InChI is InChI=1S/C17H26N2O.ClH/c1-14-6-5-7-15(12-14)17(9-3-4-10-17)13-19-16(20)8-11-18-2;/h5-7,12,18H,3-4,8-11,13H2,1-2H3,(H,19,20);1H. The van der Waals surface area contributed by atoms with Gasteiger partial charge < -0.3 is 10.6 Å². The third-order valence-electron chi connectivity index (χ3n) is 4.42. The highest BCUT2D eigenvalue weighted by Crippen LogP contribution is 2.40. The second-order valence-electron chi connectivity index (χ2n) is 5.99. The van der Waals surface area contributed by atoms with Crippen LogP contribution in [-0.2, 0) is 10.2 Å². The second kappa shape index (κ2) is 8.40. The summed E-state index contributed by atoms with van der Waals surface area (Å²) in [6.45, 7) is 3.65. The van der Waals surface area contributed by atoms with Gasteiger partial charge in [-0.05, 0) is 32.4 Å². The zero-order chi connectivity index (χ0) is 14.4. The van der Waals surface area contributed by atoms with Crippen molar-refractivity contribution >= 4 is 18.3 Å².